The summed E-state index contributed by atoms with van der Waals surface area (Å²) in [6, 6.07) is 7.51. The summed E-state index contributed by atoms with van der Waals surface area (Å²) in [5.74, 6) is 0.212. The molecule has 0 heterocycles. The molecule has 126 valence electrons. The predicted octanol–water partition coefficient (Wildman–Crippen LogP) is 3.92. The number of anilines is 2. The first-order valence-electron chi connectivity index (χ1n) is 6.52. The number of nitrogens with zero attached hydrogens (tertiary/aromatic N) is 2. The van der Waals surface area contributed by atoms with Crippen molar-refractivity contribution < 1.29 is 27.6 Å². The molecule has 0 bridgehead atoms. The smallest absolute Gasteiger partial charge is 0.416 e. The lowest BCUT2D eigenvalue weighted by Gasteiger charge is -2.18. The summed E-state index contributed by atoms with van der Waals surface area (Å²) < 4.78 is 42.7. The van der Waals surface area contributed by atoms with Crippen LogP contribution in [0.25, 0.3) is 0 Å². The van der Waals surface area contributed by atoms with Crippen molar-refractivity contribution in [1.82, 2.24) is 0 Å². The zero-order valence-electron chi connectivity index (χ0n) is 12.3. The van der Waals surface area contributed by atoms with Gasteiger partial charge in [-0.2, -0.15) is 13.2 Å². The van der Waals surface area contributed by atoms with E-state index < -0.39 is 22.4 Å². The van der Waals surface area contributed by atoms with Gasteiger partial charge < -0.3 is 4.74 Å². The highest BCUT2D eigenvalue weighted by molar-refractivity contribution is 5.90. The minimum atomic E-state index is -4.52. The number of alkyl halides is 3. The zero-order valence-corrected chi connectivity index (χ0v) is 12.3. The van der Waals surface area contributed by atoms with Crippen LogP contribution in [-0.4, -0.2) is 18.4 Å². The Morgan fingerprint density at radius 2 is 1.79 bits per heavy atom. The number of hydrogen-bond acceptors (Lipinski definition) is 4. The summed E-state index contributed by atoms with van der Waals surface area (Å²) in [6.07, 6.45) is -4.23. The molecule has 2 aromatic rings. The molecule has 24 heavy (non-hydrogen) atoms. The number of carbonyl (C=O) groups is 1. The maximum absolute atomic E-state index is 12.6. The topological polar surface area (TPSA) is 72.7 Å². The number of halogens is 3. The number of carbonyl (C=O) groups excluding carboxylic acids is 1. The quantitative estimate of drug-likeness (QED) is 0.470. The van der Waals surface area contributed by atoms with Gasteiger partial charge in [-0.05, 0) is 36.4 Å². The third-order valence-electron chi connectivity index (χ3n) is 3.22. The first-order chi connectivity index (χ1) is 11.3. The van der Waals surface area contributed by atoms with E-state index in [1.165, 1.54) is 19.2 Å². The van der Waals surface area contributed by atoms with Crippen LogP contribution in [0.1, 0.15) is 5.56 Å². The van der Waals surface area contributed by atoms with E-state index in [1.807, 2.05) is 0 Å². The van der Waals surface area contributed by atoms with Gasteiger partial charge in [0.25, 0.3) is 5.69 Å². The van der Waals surface area contributed by atoms with E-state index in [4.69, 9.17) is 4.74 Å². The van der Waals surface area contributed by atoms with E-state index >= 15 is 0 Å². The molecular weight excluding hydrogens is 329 g/mol. The van der Waals surface area contributed by atoms with Crippen molar-refractivity contribution in [1.29, 1.82) is 0 Å². The van der Waals surface area contributed by atoms with Gasteiger partial charge in [0.05, 0.1) is 23.7 Å². The molecule has 0 saturated carbocycles. The molecule has 0 atom stereocenters. The van der Waals surface area contributed by atoms with Gasteiger partial charge in [-0.3, -0.25) is 19.8 Å². The zero-order chi connectivity index (χ0) is 17.9. The lowest BCUT2D eigenvalue weighted by atomic mass is 10.1. The van der Waals surface area contributed by atoms with Crippen LogP contribution in [0, 0.1) is 10.1 Å². The van der Waals surface area contributed by atoms with Crippen molar-refractivity contribution in [3.63, 3.8) is 0 Å². The van der Waals surface area contributed by atoms with E-state index in [2.05, 4.69) is 0 Å². The van der Waals surface area contributed by atoms with Gasteiger partial charge in [-0.25, -0.2) is 0 Å². The maximum atomic E-state index is 12.6. The minimum absolute atomic E-state index is 0.0614. The van der Waals surface area contributed by atoms with Crippen molar-refractivity contribution >= 4 is 23.5 Å². The van der Waals surface area contributed by atoms with Crippen LogP contribution in [0.5, 0.6) is 5.75 Å². The molecule has 0 aliphatic heterocycles. The van der Waals surface area contributed by atoms with E-state index in [9.17, 15) is 28.1 Å². The van der Waals surface area contributed by atoms with Crippen molar-refractivity contribution in [2.75, 3.05) is 12.0 Å². The maximum Gasteiger partial charge on any atom is 0.416 e. The average Bonchev–Trinajstić information content (AvgIpc) is 2.55. The Kier molecular flexibility index (Phi) is 4.72. The van der Waals surface area contributed by atoms with Crippen LogP contribution >= 0.6 is 0 Å². The van der Waals surface area contributed by atoms with Crippen LogP contribution in [-0.2, 0) is 11.0 Å². The van der Waals surface area contributed by atoms with Crippen molar-refractivity contribution in [2.24, 2.45) is 0 Å². The fourth-order valence-corrected chi connectivity index (χ4v) is 2.05. The molecule has 0 aliphatic rings. The SMILES string of the molecule is COc1ccc(N(C=O)c2ccc(C(F)(F)F)cc2)c([N+](=O)[O-])c1. The second kappa shape index (κ2) is 6.57. The van der Waals surface area contributed by atoms with Gasteiger partial charge in [0.2, 0.25) is 6.41 Å². The van der Waals surface area contributed by atoms with Gasteiger partial charge in [0.1, 0.15) is 11.4 Å². The highest BCUT2D eigenvalue weighted by atomic mass is 19.4. The Morgan fingerprint density at radius 3 is 2.25 bits per heavy atom. The average molecular weight is 340 g/mol. The van der Waals surface area contributed by atoms with Crippen molar-refractivity contribution in [3.05, 3.63) is 58.1 Å². The molecular formula is C15H11F3N2O4. The number of nitro groups is 1. The third-order valence-corrected chi connectivity index (χ3v) is 3.22. The largest absolute Gasteiger partial charge is 0.496 e. The molecule has 0 unspecified atom stereocenters. The molecule has 0 aromatic heterocycles. The number of nitro benzene ring substituents is 1. The summed E-state index contributed by atoms with van der Waals surface area (Å²) >= 11 is 0. The predicted molar refractivity (Wildman–Crippen MR) is 79.3 cm³/mol. The van der Waals surface area contributed by atoms with Crippen LogP contribution in [0.2, 0.25) is 0 Å². The minimum Gasteiger partial charge on any atom is -0.496 e. The molecule has 0 fully saturated rings. The fourth-order valence-electron chi connectivity index (χ4n) is 2.05. The van der Waals surface area contributed by atoms with Crippen molar-refractivity contribution in [2.45, 2.75) is 6.18 Å². The summed E-state index contributed by atoms with van der Waals surface area (Å²) in [7, 11) is 1.33. The number of hydrogen-bond donors (Lipinski definition) is 0. The number of methoxy groups -OCH3 is 1. The summed E-state index contributed by atoms with van der Waals surface area (Å²) in [6.45, 7) is 0. The normalized spacial score (nSPS) is 11.0. The first-order valence-corrected chi connectivity index (χ1v) is 6.52. The lowest BCUT2D eigenvalue weighted by Crippen LogP contribution is -2.16. The second-order valence-electron chi connectivity index (χ2n) is 4.63. The molecule has 6 nitrogen and oxygen atoms in total. The third kappa shape index (κ3) is 3.45. The molecule has 0 saturated heterocycles. The van der Waals surface area contributed by atoms with Crippen LogP contribution in [0.15, 0.2) is 42.5 Å². The van der Waals surface area contributed by atoms with E-state index in [0.29, 0.717) is 0 Å². The second-order valence-corrected chi connectivity index (χ2v) is 4.63. The Bertz CT molecular complexity index is 760. The molecule has 0 spiro atoms. The van der Waals surface area contributed by atoms with Crippen LogP contribution in [0.3, 0.4) is 0 Å². The van der Waals surface area contributed by atoms with E-state index in [0.717, 1.165) is 35.2 Å². The molecule has 0 aliphatic carbocycles. The van der Waals surface area contributed by atoms with Gasteiger partial charge in [-0.15, -0.1) is 0 Å². The highest BCUT2D eigenvalue weighted by Crippen LogP contribution is 2.36. The summed E-state index contributed by atoms with van der Waals surface area (Å²) in [5, 5.41) is 11.2. The van der Waals surface area contributed by atoms with Crippen molar-refractivity contribution in [3.8, 4) is 5.75 Å². The standard InChI is InChI=1S/C15H11F3N2O4/c1-24-12-6-7-13(14(8-12)20(22)23)19(9-21)11-4-2-10(3-5-11)15(16,17)18/h2-9H,1H3. The number of ether oxygens (including phenoxy) is 1. The molecule has 0 radical (unpaired) electrons. The first kappa shape index (κ1) is 17.3. The Labute approximate surface area is 134 Å². The van der Waals surface area contributed by atoms with Gasteiger partial charge in [0.15, 0.2) is 0 Å². The van der Waals surface area contributed by atoms with Gasteiger partial charge in [0, 0.05) is 5.69 Å². The number of benzene rings is 2. The van der Waals surface area contributed by atoms with E-state index in [1.54, 1.807) is 0 Å². The van der Waals surface area contributed by atoms with Crippen LogP contribution < -0.4 is 9.64 Å². The molecule has 1 amide bonds. The fraction of sp³-hybridized carbons (Fsp3) is 0.133. The van der Waals surface area contributed by atoms with E-state index in [-0.39, 0.29) is 23.5 Å². The Hall–Kier alpha value is -3.10. The molecule has 2 rings (SSSR count). The molecule has 9 heteroatoms. The van der Waals surface area contributed by atoms with Gasteiger partial charge in [-0.1, -0.05) is 0 Å². The Morgan fingerprint density at radius 1 is 1.17 bits per heavy atom. The monoisotopic (exact) mass is 340 g/mol. The van der Waals surface area contributed by atoms with Crippen LogP contribution in [0.4, 0.5) is 30.2 Å². The lowest BCUT2D eigenvalue weighted by molar-refractivity contribution is -0.384. The number of rotatable bonds is 5. The Balaban J connectivity index is 2.49. The summed E-state index contributed by atoms with van der Waals surface area (Å²) in [4.78, 5) is 22.7. The molecule has 2 aromatic carbocycles. The highest BCUT2D eigenvalue weighted by Gasteiger charge is 2.30. The number of amides is 1. The van der Waals surface area contributed by atoms with Gasteiger partial charge >= 0.3 is 6.18 Å². The summed E-state index contributed by atoms with van der Waals surface area (Å²) in [5.41, 5.74) is -1.33. The molecule has 0 N–H and O–H groups in total.